The molecule has 0 radical (unpaired) electrons. The lowest BCUT2D eigenvalue weighted by molar-refractivity contribution is 0.254. The van der Waals surface area contributed by atoms with Crippen LogP contribution in [0.4, 0.5) is 0 Å². The summed E-state index contributed by atoms with van der Waals surface area (Å²) in [5.41, 5.74) is 1.92. The quantitative estimate of drug-likeness (QED) is 0.525. The molecule has 3 heteroatoms. The second-order valence-corrected chi connectivity index (χ2v) is 3.19. The van der Waals surface area contributed by atoms with Crippen molar-refractivity contribution in [2.45, 2.75) is 19.3 Å². The molecule has 1 atom stereocenters. The molecule has 0 heterocycles. The van der Waals surface area contributed by atoms with Crippen molar-refractivity contribution in [2.75, 3.05) is 19.8 Å². The second-order valence-electron chi connectivity index (χ2n) is 3.19. The van der Waals surface area contributed by atoms with Gasteiger partial charge >= 0.3 is 0 Å². The largest absolute Gasteiger partial charge is 0.396 e. The van der Waals surface area contributed by atoms with E-state index >= 15 is 0 Å². The van der Waals surface area contributed by atoms with Crippen LogP contribution in [0.15, 0.2) is 11.1 Å². The van der Waals surface area contributed by atoms with Crippen molar-refractivity contribution in [3.63, 3.8) is 0 Å². The number of hydrogen-bond donors (Lipinski definition) is 3. The second kappa shape index (κ2) is 4.60. The molecular formula is C9H16O3. The summed E-state index contributed by atoms with van der Waals surface area (Å²) in [6.45, 7) is 0.241. The Morgan fingerprint density at radius 2 is 1.92 bits per heavy atom. The molecule has 1 rings (SSSR count). The normalized spacial score (nSPS) is 23.8. The summed E-state index contributed by atoms with van der Waals surface area (Å²) in [6, 6.07) is 0. The summed E-state index contributed by atoms with van der Waals surface area (Å²) in [4.78, 5) is 0. The summed E-state index contributed by atoms with van der Waals surface area (Å²) >= 11 is 0. The van der Waals surface area contributed by atoms with Crippen LogP contribution in [-0.2, 0) is 0 Å². The van der Waals surface area contributed by atoms with Gasteiger partial charge in [-0.2, -0.15) is 0 Å². The van der Waals surface area contributed by atoms with Crippen LogP contribution >= 0.6 is 0 Å². The minimum atomic E-state index is 0.0283. The molecule has 0 aromatic carbocycles. The van der Waals surface area contributed by atoms with Gasteiger partial charge in [-0.25, -0.2) is 0 Å². The molecule has 0 fully saturated rings. The predicted molar refractivity (Wildman–Crippen MR) is 45.6 cm³/mol. The Balaban J connectivity index is 2.62. The van der Waals surface area contributed by atoms with Crippen LogP contribution in [0.5, 0.6) is 0 Å². The molecule has 0 aromatic rings. The Bertz CT molecular complexity index is 175. The zero-order chi connectivity index (χ0) is 8.97. The van der Waals surface area contributed by atoms with Crippen molar-refractivity contribution >= 4 is 0 Å². The molecule has 3 nitrogen and oxygen atoms in total. The Morgan fingerprint density at radius 1 is 1.17 bits per heavy atom. The molecule has 0 saturated heterocycles. The highest BCUT2D eigenvalue weighted by molar-refractivity contribution is 5.23. The van der Waals surface area contributed by atoms with Crippen LogP contribution in [0.25, 0.3) is 0 Å². The maximum Gasteiger partial charge on any atom is 0.0647 e. The fourth-order valence-corrected chi connectivity index (χ4v) is 1.87. The van der Waals surface area contributed by atoms with E-state index in [-0.39, 0.29) is 19.8 Å². The van der Waals surface area contributed by atoms with E-state index in [4.69, 9.17) is 15.3 Å². The van der Waals surface area contributed by atoms with E-state index in [1.807, 2.05) is 0 Å². The standard InChI is InChI=1S/C9H16O3/c10-4-3-7-1-2-8(5-11)9(7)6-12/h7,10-12H,1-6H2/t7-/m1/s1. The van der Waals surface area contributed by atoms with Crippen molar-refractivity contribution in [3.05, 3.63) is 11.1 Å². The SMILES string of the molecule is OCC[C@H]1CCC(CO)=C1CO. The van der Waals surface area contributed by atoms with Crippen LogP contribution in [0, 0.1) is 5.92 Å². The Kier molecular flexibility index (Phi) is 3.72. The smallest absolute Gasteiger partial charge is 0.0647 e. The highest BCUT2D eigenvalue weighted by Gasteiger charge is 2.23. The van der Waals surface area contributed by atoms with Crippen LogP contribution in [0.1, 0.15) is 19.3 Å². The molecule has 0 saturated carbocycles. The Labute approximate surface area is 72.3 Å². The van der Waals surface area contributed by atoms with E-state index < -0.39 is 0 Å². The van der Waals surface area contributed by atoms with Crippen molar-refractivity contribution < 1.29 is 15.3 Å². The topological polar surface area (TPSA) is 60.7 Å². The van der Waals surface area contributed by atoms with E-state index in [1.54, 1.807) is 0 Å². The first kappa shape index (κ1) is 9.71. The summed E-state index contributed by atoms with van der Waals surface area (Å²) in [7, 11) is 0. The molecule has 0 spiro atoms. The lowest BCUT2D eigenvalue weighted by Crippen LogP contribution is -2.06. The van der Waals surface area contributed by atoms with E-state index in [2.05, 4.69) is 0 Å². The van der Waals surface area contributed by atoms with Gasteiger partial charge in [0, 0.05) is 6.61 Å². The third-order valence-electron chi connectivity index (χ3n) is 2.58. The maximum absolute atomic E-state index is 9.01. The number of aliphatic hydroxyl groups is 3. The minimum absolute atomic E-state index is 0.0283. The zero-order valence-corrected chi connectivity index (χ0v) is 7.16. The van der Waals surface area contributed by atoms with Gasteiger partial charge in [-0.3, -0.25) is 0 Å². The van der Waals surface area contributed by atoms with Gasteiger partial charge in [0.15, 0.2) is 0 Å². The van der Waals surface area contributed by atoms with Gasteiger partial charge in [-0.05, 0) is 36.3 Å². The zero-order valence-electron chi connectivity index (χ0n) is 7.16. The van der Waals surface area contributed by atoms with Gasteiger partial charge in [0.05, 0.1) is 13.2 Å². The lowest BCUT2D eigenvalue weighted by Gasteiger charge is -2.11. The monoisotopic (exact) mass is 172 g/mol. The fraction of sp³-hybridized carbons (Fsp3) is 0.778. The maximum atomic E-state index is 9.01. The van der Waals surface area contributed by atoms with Crippen LogP contribution in [-0.4, -0.2) is 35.1 Å². The minimum Gasteiger partial charge on any atom is -0.396 e. The van der Waals surface area contributed by atoms with Gasteiger partial charge in [0.2, 0.25) is 0 Å². The highest BCUT2D eigenvalue weighted by atomic mass is 16.3. The summed E-state index contributed by atoms with van der Waals surface area (Å²) < 4.78 is 0. The first-order valence-corrected chi connectivity index (χ1v) is 4.36. The molecular weight excluding hydrogens is 156 g/mol. The van der Waals surface area contributed by atoms with Gasteiger partial charge in [-0.15, -0.1) is 0 Å². The lowest BCUT2D eigenvalue weighted by atomic mass is 9.98. The third kappa shape index (κ3) is 1.86. The van der Waals surface area contributed by atoms with Crippen molar-refractivity contribution in [3.8, 4) is 0 Å². The van der Waals surface area contributed by atoms with E-state index in [0.717, 1.165) is 24.0 Å². The average Bonchev–Trinajstić information content (AvgIpc) is 2.47. The molecule has 0 aliphatic heterocycles. The molecule has 70 valence electrons. The van der Waals surface area contributed by atoms with Crippen molar-refractivity contribution in [2.24, 2.45) is 5.92 Å². The number of aliphatic hydroxyl groups excluding tert-OH is 3. The molecule has 1 aliphatic rings. The van der Waals surface area contributed by atoms with Crippen LogP contribution in [0.3, 0.4) is 0 Å². The van der Waals surface area contributed by atoms with E-state index in [0.29, 0.717) is 12.3 Å². The molecule has 0 bridgehead atoms. The molecule has 0 unspecified atom stereocenters. The molecule has 0 amide bonds. The predicted octanol–water partition coefficient (Wildman–Crippen LogP) is 0.0600. The molecule has 3 N–H and O–H groups in total. The molecule has 12 heavy (non-hydrogen) atoms. The summed E-state index contributed by atoms with van der Waals surface area (Å²) in [5.74, 6) is 0.294. The average molecular weight is 172 g/mol. The van der Waals surface area contributed by atoms with Crippen molar-refractivity contribution in [1.29, 1.82) is 0 Å². The van der Waals surface area contributed by atoms with Gasteiger partial charge in [0.1, 0.15) is 0 Å². The van der Waals surface area contributed by atoms with Gasteiger partial charge in [-0.1, -0.05) is 0 Å². The fourth-order valence-electron chi connectivity index (χ4n) is 1.87. The van der Waals surface area contributed by atoms with Gasteiger partial charge in [0.25, 0.3) is 0 Å². The third-order valence-corrected chi connectivity index (χ3v) is 2.58. The first-order valence-electron chi connectivity index (χ1n) is 4.36. The van der Waals surface area contributed by atoms with E-state index in [1.165, 1.54) is 0 Å². The molecule has 1 aliphatic carbocycles. The molecule has 0 aromatic heterocycles. The Hall–Kier alpha value is -0.380. The van der Waals surface area contributed by atoms with E-state index in [9.17, 15) is 0 Å². The van der Waals surface area contributed by atoms with Crippen molar-refractivity contribution in [1.82, 2.24) is 0 Å². The number of rotatable bonds is 4. The number of hydrogen-bond acceptors (Lipinski definition) is 3. The first-order chi connectivity index (χ1) is 5.83. The summed E-state index contributed by atoms with van der Waals surface area (Å²) in [5, 5.41) is 26.7. The summed E-state index contributed by atoms with van der Waals surface area (Å²) in [6.07, 6.45) is 2.54. The van der Waals surface area contributed by atoms with Crippen LogP contribution in [0.2, 0.25) is 0 Å². The van der Waals surface area contributed by atoms with Gasteiger partial charge < -0.3 is 15.3 Å². The Morgan fingerprint density at radius 3 is 2.42 bits per heavy atom. The van der Waals surface area contributed by atoms with Crippen LogP contribution < -0.4 is 0 Å². The highest BCUT2D eigenvalue weighted by Crippen LogP contribution is 2.33.